The number of benzene rings is 1. The fraction of sp³-hybridized carbons (Fsp3) is 0.400. The van der Waals surface area contributed by atoms with Crippen molar-refractivity contribution in [2.75, 3.05) is 52.3 Å². The molecule has 0 atom stereocenters. The van der Waals surface area contributed by atoms with Crippen LogP contribution in [0.3, 0.4) is 0 Å². The third-order valence-corrected chi connectivity index (χ3v) is 5.87. The van der Waals surface area contributed by atoms with E-state index in [2.05, 4.69) is 30.6 Å². The van der Waals surface area contributed by atoms with Crippen LogP contribution in [0, 0.1) is 11.2 Å². The van der Waals surface area contributed by atoms with Gasteiger partial charge in [-0.25, -0.2) is 19.3 Å². The lowest BCUT2D eigenvalue weighted by molar-refractivity contribution is -0.231. The van der Waals surface area contributed by atoms with Gasteiger partial charge in [-0.3, -0.25) is 9.59 Å². The summed E-state index contributed by atoms with van der Waals surface area (Å²) in [6, 6.07) is 7.44. The summed E-state index contributed by atoms with van der Waals surface area (Å²) in [6.45, 7) is 2.88. The van der Waals surface area contributed by atoms with Crippen molar-refractivity contribution in [2.45, 2.75) is 13.2 Å². The number of aromatic nitrogens is 4. The fourth-order valence-corrected chi connectivity index (χ4v) is 3.75. The lowest BCUT2D eigenvalue weighted by Gasteiger charge is -2.35. The number of carbonyl (C=O) groups is 2. The zero-order valence-electron chi connectivity index (χ0n) is 21.3. The van der Waals surface area contributed by atoms with Crippen LogP contribution in [0.1, 0.15) is 19.0 Å². The van der Waals surface area contributed by atoms with Gasteiger partial charge in [0.2, 0.25) is 18.1 Å². The van der Waals surface area contributed by atoms with E-state index in [4.69, 9.17) is 14.6 Å². The third kappa shape index (κ3) is 6.49. The highest BCUT2D eigenvalue weighted by Gasteiger charge is 2.40. The Kier molecular flexibility index (Phi) is 8.29. The van der Waals surface area contributed by atoms with Gasteiger partial charge in [-0.15, -0.1) is 0 Å². The Morgan fingerprint density at radius 3 is 2.55 bits per heavy atom. The van der Waals surface area contributed by atoms with Crippen LogP contribution in [-0.4, -0.2) is 88.8 Å². The van der Waals surface area contributed by atoms with Crippen LogP contribution in [0.4, 0.5) is 10.3 Å². The predicted octanol–water partition coefficient (Wildman–Crippen LogP) is 1.90. The molecule has 1 saturated heterocycles. The number of nitrogens with zero attached hydrogens (tertiary/aromatic N) is 4. The second kappa shape index (κ2) is 11.6. The summed E-state index contributed by atoms with van der Waals surface area (Å²) in [5.74, 6) is -1.15. The van der Waals surface area contributed by atoms with Crippen molar-refractivity contribution < 1.29 is 28.6 Å². The normalized spacial score (nSPS) is 19.3. The lowest BCUT2D eigenvalue weighted by Crippen LogP contribution is -2.49. The quantitative estimate of drug-likeness (QED) is 0.307. The van der Waals surface area contributed by atoms with Crippen molar-refractivity contribution in [3.05, 3.63) is 48.2 Å². The number of amides is 1. The lowest BCUT2D eigenvalue weighted by atomic mass is 9.91. The molecule has 0 unspecified atom stereocenters. The van der Waals surface area contributed by atoms with E-state index >= 15 is 0 Å². The molecule has 38 heavy (non-hydrogen) atoms. The van der Waals surface area contributed by atoms with E-state index in [1.807, 2.05) is 19.0 Å². The number of H-pyrrole nitrogens is 1. The molecule has 1 amide bonds. The molecule has 12 nitrogen and oxygen atoms in total. The molecular formula is C25H30FN7O5. The highest BCUT2D eigenvalue weighted by Crippen LogP contribution is 2.35. The van der Waals surface area contributed by atoms with Crippen LogP contribution < -0.4 is 10.6 Å². The Morgan fingerprint density at radius 1 is 1.18 bits per heavy atom. The Bertz CT molecular complexity index is 1270. The van der Waals surface area contributed by atoms with E-state index in [0.29, 0.717) is 41.6 Å². The van der Waals surface area contributed by atoms with E-state index in [-0.39, 0.29) is 31.6 Å². The fourth-order valence-electron chi connectivity index (χ4n) is 3.75. The van der Waals surface area contributed by atoms with Crippen LogP contribution in [0.15, 0.2) is 36.5 Å². The molecule has 1 fully saturated rings. The van der Waals surface area contributed by atoms with Crippen LogP contribution in [0.25, 0.3) is 22.6 Å². The first-order chi connectivity index (χ1) is 18.1. The SMILES string of the molecule is CN(C)CCNC(=O)C1(C)COC(c2nc(-c3ccc(F)cc3)c(-c3ccnc(NCC(=O)O)n3)[nH]2)OC1. The highest BCUT2D eigenvalue weighted by atomic mass is 19.1. The maximum atomic E-state index is 13.6. The van der Waals surface area contributed by atoms with Gasteiger partial charge in [0, 0.05) is 24.8 Å². The summed E-state index contributed by atoms with van der Waals surface area (Å²) in [4.78, 5) is 41.9. The average Bonchev–Trinajstić information content (AvgIpc) is 3.34. The summed E-state index contributed by atoms with van der Waals surface area (Å²) in [5.41, 5.74) is 1.12. The molecule has 0 radical (unpaired) electrons. The molecule has 1 aliphatic rings. The molecular weight excluding hydrogens is 497 g/mol. The van der Waals surface area contributed by atoms with Crippen molar-refractivity contribution in [3.8, 4) is 22.6 Å². The van der Waals surface area contributed by atoms with Crippen molar-refractivity contribution in [2.24, 2.45) is 5.41 Å². The monoisotopic (exact) mass is 527 g/mol. The van der Waals surface area contributed by atoms with E-state index in [1.165, 1.54) is 18.3 Å². The predicted molar refractivity (Wildman–Crippen MR) is 135 cm³/mol. The minimum atomic E-state index is -1.06. The maximum Gasteiger partial charge on any atom is 0.322 e. The number of carbonyl (C=O) groups excluding carboxylic acids is 1. The smallest absolute Gasteiger partial charge is 0.322 e. The molecule has 0 spiro atoms. The minimum Gasteiger partial charge on any atom is -0.480 e. The van der Waals surface area contributed by atoms with E-state index in [1.54, 1.807) is 25.1 Å². The van der Waals surface area contributed by atoms with Crippen molar-refractivity contribution in [1.29, 1.82) is 0 Å². The minimum absolute atomic E-state index is 0.115. The second-order valence-corrected chi connectivity index (χ2v) is 9.44. The van der Waals surface area contributed by atoms with Crippen LogP contribution in [0.5, 0.6) is 0 Å². The zero-order chi connectivity index (χ0) is 27.3. The van der Waals surface area contributed by atoms with Gasteiger partial charge in [-0.2, -0.15) is 0 Å². The van der Waals surface area contributed by atoms with Gasteiger partial charge in [-0.05, 0) is 51.4 Å². The first kappa shape index (κ1) is 27.1. The maximum absolute atomic E-state index is 13.6. The Hall–Kier alpha value is -3.94. The number of rotatable bonds is 10. The Balaban J connectivity index is 1.57. The van der Waals surface area contributed by atoms with Crippen molar-refractivity contribution in [3.63, 3.8) is 0 Å². The Morgan fingerprint density at radius 2 is 1.89 bits per heavy atom. The molecule has 0 aliphatic carbocycles. The molecule has 13 heteroatoms. The molecule has 4 N–H and O–H groups in total. The van der Waals surface area contributed by atoms with Crippen LogP contribution >= 0.6 is 0 Å². The number of hydrogen-bond donors (Lipinski definition) is 4. The summed E-state index contributed by atoms with van der Waals surface area (Å²) in [7, 11) is 3.86. The molecule has 2 aromatic heterocycles. The zero-order valence-corrected chi connectivity index (χ0v) is 21.3. The average molecular weight is 528 g/mol. The van der Waals surface area contributed by atoms with Gasteiger partial charge in [0.1, 0.15) is 12.4 Å². The number of likely N-dealkylation sites (N-methyl/N-ethyl adjacent to an activating group) is 1. The molecule has 0 bridgehead atoms. The van der Waals surface area contributed by atoms with E-state index in [9.17, 15) is 14.0 Å². The number of nitrogens with one attached hydrogen (secondary N) is 3. The van der Waals surface area contributed by atoms with Gasteiger partial charge in [0.05, 0.1) is 35.7 Å². The summed E-state index contributed by atoms with van der Waals surface area (Å²) >= 11 is 0. The number of imidazole rings is 1. The third-order valence-electron chi connectivity index (χ3n) is 5.87. The number of ether oxygens (including phenoxy) is 2. The van der Waals surface area contributed by atoms with Crippen molar-refractivity contribution in [1.82, 2.24) is 30.2 Å². The highest BCUT2D eigenvalue weighted by molar-refractivity contribution is 5.82. The Labute approximate surface area is 218 Å². The summed E-state index contributed by atoms with van der Waals surface area (Å²) in [6.07, 6.45) is 0.604. The number of aromatic amines is 1. The molecule has 202 valence electrons. The van der Waals surface area contributed by atoms with Crippen LogP contribution in [-0.2, 0) is 19.1 Å². The first-order valence-electron chi connectivity index (χ1n) is 12.0. The number of hydrogen-bond acceptors (Lipinski definition) is 9. The second-order valence-electron chi connectivity index (χ2n) is 9.44. The van der Waals surface area contributed by atoms with Crippen molar-refractivity contribution >= 4 is 17.8 Å². The molecule has 0 saturated carbocycles. The largest absolute Gasteiger partial charge is 0.480 e. The number of halogens is 1. The summed E-state index contributed by atoms with van der Waals surface area (Å²) in [5, 5.41) is 14.5. The topological polar surface area (TPSA) is 155 Å². The molecule has 4 rings (SSSR count). The molecule has 1 aromatic carbocycles. The van der Waals surface area contributed by atoms with Gasteiger partial charge in [-0.1, -0.05) is 0 Å². The molecule has 3 heterocycles. The van der Waals surface area contributed by atoms with Gasteiger partial charge < -0.3 is 35.1 Å². The number of aliphatic carboxylic acids is 1. The number of anilines is 1. The van der Waals surface area contributed by atoms with Crippen LogP contribution in [0.2, 0.25) is 0 Å². The molecule has 1 aliphatic heterocycles. The standard InChI is InChI=1S/C25H30FN7O5/c1-25(23(36)27-10-11-33(2)3)13-37-22(38-14-25)21-31-19(15-4-6-16(26)7-5-15)20(32-21)17-8-9-28-24(30-17)29-12-18(34)35/h4-9,22H,10-14H2,1-3H3,(H,27,36)(H,31,32)(H,34,35)(H,28,29,30). The summed E-state index contributed by atoms with van der Waals surface area (Å²) < 4.78 is 25.4. The van der Waals surface area contributed by atoms with Gasteiger partial charge >= 0.3 is 5.97 Å². The van der Waals surface area contributed by atoms with Gasteiger partial charge in [0.25, 0.3) is 0 Å². The van der Waals surface area contributed by atoms with E-state index < -0.39 is 23.5 Å². The molecule has 3 aromatic rings. The van der Waals surface area contributed by atoms with E-state index in [0.717, 1.165) is 0 Å². The number of carboxylic acids is 1. The van der Waals surface area contributed by atoms with Gasteiger partial charge in [0.15, 0.2) is 5.82 Å². The first-order valence-corrected chi connectivity index (χ1v) is 12.0. The number of carboxylic acid groups (broad SMARTS) is 1.